The van der Waals surface area contributed by atoms with Gasteiger partial charge in [0.2, 0.25) is 0 Å². The molecule has 0 aromatic rings. The summed E-state index contributed by atoms with van der Waals surface area (Å²) in [6, 6.07) is 0. The van der Waals surface area contributed by atoms with Gasteiger partial charge >= 0.3 is 0 Å². The van der Waals surface area contributed by atoms with Gasteiger partial charge in [-0.3, -0.25) is 0 Å². The summed E-state index contributed by atoms with van der Waals surface area (Å²) >= 11 is 0. The summed E-state index contributed by atoms with van der Waals surface area (Å²) in [4.78, 5) is 0. The molecule has 0 fully saturated rings. The van der Waals surface area contributed by atoms with E-state index in [-0.39, 0.29) is 0 Å². The summed E-state index contributed by atoms with van der Waals surface area (Å²) in [6.07, 6.45) is 14.7. The Kier molecular flexibility index (Phi) is 13.0. The third-order valence-corrected chi connectivity index (χ3v) is 3.45. The van der Waals surface area contributed by atoms with Gasteiger partial charge in [0.15, 0.2) is 0 Å². The fourth-order valence-electron chi connectivity index (χ4n) is 2.32. The minimum Gasteiger partial charge on any atom is -0.396 e. The van der Waals surface area contributed by atoms with E-state index in [1.165, 1.54) is 64.2 Å². The van der Waals surface area contributed by atoms with Crippen molar-refractivity contribution in [2.24, 2.45) is 5.92 Å². The molecular weight excluding hydrogens is 196 g/mol. The summed E-state index contributed by atoms with van der Waals surface area (Å²) in [5.41, 5.74) is 0. The van der Waals surface area contributed by atoms with Crippen molar-refractivity contribution in [3.8, 4) is 0 Å². The molecule has 0 radical (unpaired) electrons. The standard InChI is InChI=1S/C15H32O/c1-3-5-11-15(12-6-4-2)13-9-7-8-10-14-16/h15-16H,3-14H2,1-2H3. The monoisotopic (exact) mass is 228 g/mol. The summed E-state index contributed by atoms with van der Waals surface area (Å²) in [5.74, 6) is 0.981. The Morgan fingerprint density at radius 1 is 0.688 bits per heavy atom. The Balaban J connectivity index is 3.48. The van der Waals surface area contributed by atoms with Crippen molar-refractivity contribution in [1.82, 2.24) is 0 Å². The van der Waals surface area contributed by atoms with Crippen LogP contribution in [0.2, 0.25) is 0 Å². The molecule has 0 aromatic carbocycles. The Labute approximate surface area is 103 Å². The molecule has 0 aliphatic rings. The van der Waals surface area contributed by atoms with E-state index in [4.69, 9.17) is 5.11 Å². The molecule has 1 nitrogen and oxygen atoms in total. The molecule has 0 rings (SSSR count). The predicted molar refractivity (Wildman–Crippen MR) is 72.7 cm³/mol. The Bertz CT molecular complexity index is 115. The van der Waals surface area contributed by atoms with E-state index in [1.807, 2.05) is 0 Å². The lowest BCUT2D eigenvalue weighted by atomic mass is 9.91. The average Bonchev–Trinajstić information content (AvgIpc) is 2.31. The lowest BCUT2D eigenvalue weighted by Crippen LogP contribution is -2.01. The summed E-state index contributed by atoms with van der Waals surface area (Å²) in [6.45, 7) is 4.95. The largest absolute Gasteiger partial charge is 0.396 e. The first kappa shape index (κ1) is 16.0. The van der Waals surface area contributed by atoms with Gasteiger partial charge in [-0.25, -0.2) is 0 Å². The quantitative estimate of drug-likeness (QED) is 0.470. The van der Waals surface area contributed by atoms with Gasteiger partial charge in [0.25, 0.3) is 0 Å². The molecule has 0 bridgehead atoms. The van der Waals surface area contributed by atoms with Crippen molar-refractivity contribution in [1.29, 1.82) is 0 Å². The van der Waals surface area contributed by atoms with Crippen LogP contribution < -0.4 is 0 Å². The highest BCUT2D eigenvalue weighted by Crippen LogP contribution is 2.22. The van der Waals surface area contributed by atoms with Crippen LogP contribution in [0.15, 0.2) is 0 Å². The molecule has 1 N–H and O–H groups in total. The maximum Gasteiger partial charge on any atom is 0.0431 e. The fraction of sp³-hybridized carbons (Fsp3) is 1.00. The minimum absolute atomic E-state index is 0.370. The molecule has 0 spiro atoms. The second kappa shape index (κ2) is 13.0. The smallest absolute Gasteiger partial charge is 0.0431 e. The van der Waals surface area contributed by atoms with Crippen LogP contribution in [-0.4, -0.2) is 11.7 Å². The molecule has 1 heteroatoms. The first-order valence-electron chi connectivity index (χ1n) is 7.46. The van der Waals surface area contributed by atoms with Crippen LogP contribution in [-0.2, 0) is 0 Å². The second-order valence-corrected chi connectivity index (χ2v) is 5.08. The van der Waals surface area contributed by atoms with Crippen LogP contribution in [0.4, 0.5) is 0 Å². The molecule has 98 valence electrons. The van der Waals surface area contributed by atoms with Crippen molar-refractivity contribution in [3.05, 3.63) is 0 Å². The van der Waals surface area contributed by atoms with Gasteiger partial charge in [0.1, 0.15) is 0 Å². The molecule has 0 aliphatic carbocycles. The van der Waals surface area contributed by atoms with E-state index < -0.39 is 0 Å². The molecule has 0 saturated heterocycles. The molecule has 0 aromatic heterocycles. The van der Waals surface area contributed by atoms with Crippen LogP contribution in [0, 0.1) is 5.92 Å². The molecule has 0 amide bonds. The number of hydrogen-bond acceptors (Lipinski definition) is 1. The Hall–Kier alpha value is -0.0400. The van der Waals surface area contributed by atoms with Gasteiger partial charge < -0.3 is 5.11 Å². The number of aliphatic hydroxyl groups excluding tert-OH is 1. The molecule has 0 heterocycles. The molecule has 16 heavy (non-hydrogen) atoms. The first-order chi connectivity index (χ1) is 7.85. The number of unbranched alkanes of at least 4 members (excludes halogenated alkanes) is 5. The second-order valence-electron chi connectivity index (χ2n) is 5.08. The Morgan fingerprint density at radius 2 is 1.19 bits per heavy atom. The summed E-state index contributed by atoms with van der Waals surface area (Å²) < 4.78 is 0. The van der Waals surface area contributed by atoms with Crippen LogP contribution >= 0.6 is 0 Å². The minimum atomic E-state index is 0.370. The molecule has 0 atom stereocenters. The topological polar surface area (TPSA) is 20.2 Å². The SMILES string of the molecule is CCCCC(CCCC)CCCCCCO. The Morgan fingerprint density at radius 3 is 1.69 bits per heavy atom. The lowest BCUT2D eigenvalue weighted by Gasteiger charge is -2.16. The summed E-state index contributed by atoms with van der Waals surface area (Å²) in [5, 5.41) is 8.71. The number of rotatable bonds is 12. The van der Waals surface area contributed by atoms with Crippen LogP contribution in [0.1, 0.15) is 84.5 Å². The third kappa shape index (κ3) is 10.5. The highest BCUT2D eigenvalue weighted by atomic mass is 16.2. The van der Waals surface area contributed by atoms with Crippen LogP contribution in [0.5, 0.6) is 0 Å². The van der Waals surface area contributed by atoms with Gasteiger partial charge in [-0.15, -0.1) is 0 Å². The molecule has 0 saturated carbocycles. The van der Waals surface area contributed by atoms with Gasteiger partial charge in [-0.05, 0) is 12.3 Å². The first-order valence-corrected chi connectivity index (χ1v) is 7.46. The van der Waals surface area contributed by atoms with Crippen molar-refractivity contribution in [2.75, 3.05) is 6.61 Å². The maximum atomic E-state index is 8.71. The average molecular weight is 228 g/mol. The van der Waals surface area contributed by atoms with Crippen molar-refractivity contribution < 1.29 is 5.11 Å². The van der Waals surface area contributed by atoms with E-state index in [0.29, 0.717) is 6.61 Å². The van der Waals surface area contributed by atoms with E-state index >= 15 is 0 Å². The van der Waals surface area contributed by atoms with Crippen LogP contribution in [0.3, 0.4) is 0 Å². The number of hydrogen-bond donors (Lipinski definition) is 1. The lowest BCUT2D eigenvalue weighted by molar-refractivity contribution is 0.280. The molecule has 0 unspecified atom stereocenters. The zero-order chi connectivity index (χ0) is 12.1. The highest BCUT2D eigenvalue weighted by Gasteiger charge is 2.07. The predicted octanol–water partition coefficient (Wildman–Crippen LogP) is 4.93. The van der Waals surface area contributed by atoms with Crippen molar-refractivity contribution in [2.45, 2.75) is 84.5 Å². The summed E-state index contributed by atoms with van der Waals surface area (Å²) in [7, 11) is 0. The zero-order valence-electron chi connectivity index (χ0n) is 11.5. The van der Waals surface area contributed by atoms with Gasteiger partial charge in [-0.1, -0.05) is 78.1 Å². The molecule has 0 aliphatic heterocycles. The number of aliphatic hydroxyl groups is 1. The van der Waals surface area contributed by atoms with E-state index in [0.717, 1.165) is 12.3 Å². The van der Waals surface area contributed by atoms with Crippen molar-refractivity contribution in [3.63, 3.8) is 0 Å². The van der Waals surface area contributed by atoms with Gasteiger partial charge in [0.05, 0.1) is 0 Å². The highest BCUT2D eigenvalue weighted by molar-refractivity contribution is 4.60. The fourth-order valence-corrected chi connectivity index (χ4v) is 2.32. The zero-order valence-corrected chi connectivity index (χ0v) is 11.5. The van der Waals surface area contributed by atoms with E-state index in [2.05, 4.69) is 13.8 Å². The van der Waals surface area contributed by atoms with Gasteiger partial charge in [-0.2, -0.15) is 0 Å². The molecular formula is C15H32O. The third-order valence-electron chi connectivity index (χ3n) is 3.45. The van der Waals surface area contributed by atoms with Crippen LogP contribution in [0.25, 0.3) is 0 Å². The van der Waals surface area contributed by atoms with Crippen molar-refractivity contribution >= 4 is 0 Å². The normalized spacial score (nSPS) is 11.2. The van der Waals surface area contributed by atoms with E-state index in [9.17, 15) is 0 Å². The van der Waals surface area contributed by atoms with E-state index in [1.54, 1.807) is 0 Å². The maximum absolute atomic E-state index is 8.71. The van der Waals surface area contributed by atoms with Gasteiger partial charge in [0, 0.05) is 6.61 Å².